The largest absolute Gasteiger partial charge is 0.493 e. The normalized spacial score (nSPS) is 10.6. The highest BCUT2D eigenvalue weighted by atomic mass is 32.1. The Labute approximate surface area is 175 Å². The quantitative estimate of drug-likeness (QED) is 0.293. The number of hydrogen-bond acceptors (Lipinski definition) is 6. The van der Waals surface area contributed by atoms with E-state index in [1.54, 1.807) is 6.07 Å². The lowest BCUT2D eigenvalue weighted by atomic mass is 10.1. The van der Waals surface area contributed by atoms with Gasteiger partial charge in [-0.25, -0.2) is 0 Å². The molecule has 0 saturated carbocycles. The number of ether oxygens (including phenoxy) is 2. The fraction of sp³-hybridized carbons (Fsp3) is 0.300. The van der Waals surface area contributed by atoms with Gasteiger partial charge in [0.1, 0.15) is 6.61 Å². The third-order valence-electron chi connectivity index (χ3n) is 4.07. The van der Waals surface area contributed by atoms with Crippen LogP contribution in [-0.2, 0) is 6.61 Å². The van der Waals surface area contributed by atoms with E-state index in [0.717, 1.165) is 16.7 Å². The van der Waals surface area contributed by atoms with Crippen molar-refractivity contribution in [2.24, 2.45) is 5.10 Å². The molecule has 0 unspecified atom stereocenters. The van der Waals surface area contributed by atoms with Gasteiger partial charge in [-0.3, -0.25) is 15.5 Å². The predicted molar refractivity (Wildman–Crippen MR) is 117 cm³/mol. The molecule has 0 atom stereocenters. The molecule has 0 spiro atoms. The number of rotatable bonds is 8. The molecular formula is C20H24N4O4S. The molecule has 0 heterocycles. The minimum Gasteiger partial charge on any atom is -0.493 e. The molecule has 2 aromatic carbocycles. The summed E-state index contributed by atoms with van der Waals surface area (Å²) < 4.78 is 11.2. The van der Waals surface area contributed by atoms with Gasteiger partial charge in [-0.15, -0.1) is 0 Å². The highest BCUT2D eigenvalue weighted by Crippen LogP contribution is 2.38. The van der Waals surface area contributed by atoms with Gasteiger partial charge in [0.2, 0.25) is 5.75 Å². The van der Waals surface area contributed by atoms with Gasteiger partial charge in [0.05, 0.1) is 18.2 Å². The van der Waals surface area contributed by atoms with Crippen LogP contribution in [0.25, 0.3) is 0 Å². The molecule has 0 aliphatic rings. The molecule has 0 saturated heterocycles. The molecule has 9 heteroatoms. The van der Waals surface area contributed by atoms with Crippen molar-refractivity contribution in [1.29, 1.82) is 0 Å². The van der Waals surface area contributed by atoms with Crippen LogP contribution in [0, 0.1) is 24.0 Å². The minimum absolute atomic E-state index is 0.0756. The number of hydrogen-bond donors (Lipinski definition) is 2. The van der Waals surface area contributed by atoms with E-state index in [1.165, 1.54) is 19.4 Å². The average molecular weight is 417 g/mol. The van der Waals surface area contributed by atoms with Crippen molar-refractivity contribution in [3.05, 3.63) is 62.7 Å². The first-order valence-corrected chi connectivity index (χ1v) is 9.38. The number of methoxy groups -OCH3 is 1. The van der Waals surface area contributed by atoms with Crippen molar-refractivity contribution in [3.8, 4) is 11.5 Å². The Bertz CT molecular complexity index is 931. The first kappa shape index (κ1) is 22.1. The van der Waals surface area contributed by atoms with Crippen LogP contribution < -0.4 is 20.2 Å². The molecule has 2 N–H and O–H groups in total. The number of aryl methyl sites for hydroxylation is 2. The molecular weight excluding hydrogens is 392 g/mol. The maximum absolute atomic E-state index is 11.6. The number of nitrogens with one attached hydrogen (secondary N) is 2. The maximum atomic E-state index is 11.6. The van der Waals surface area contributed by atoms with Crippen LogP contribution in [-0.4, -0.2) is 29.9 Å². The van der Waals surface area contributed by atoms with E-state index in [4.69, 9.17) is 21.7 Å². The SMILES string of the molecule is CCNC(=S)N/N=C/c1cc(OC)c(OCc2cc(C)ccc2C)c([N+](=O)[O-])c1. The number of nitrogens with zero attached hydrogens (tertiary/aromatic N) is 2. The highest BCUT2D eigenvalue weighted by Gasteiger charge is 2.22. The van der Waals surface area contributed by atoms with Crippen LogP contribution in [0.1, 0.15) is 29.2 Å². The molecule has 154 valence electrons. The van der Waals surface area contributed by atoms with E-state index < -0.39 is 4.92 Å². The molecule has 2 aromatic rings. The lowest BCUT2D eigenvalue weighted by Gasteiger charge is -2.13. The Morgan fingerprint density at radius 3 is 2.72 bits per heavy atom. The van der Waals surface area contributed by atoms with Crippen molar-refractivity contribution in [3.63, 3.8) is 0 Å². The van der Waals surface area contributed by atoms with Gasteiger partial charge >= 0.3 is 5.69 Å². The Balaban J connectivity index is 2.29. The average Bonchev–Trinajstić information content (AvgIpc) is 2.68. The summed E-state index contributed by atoms with van der Waals surface area (Å²) in [4.78, 5) is 11.1. The lowest BCUT2D eigenvalue weighted by Crippen LogP contribution is -2.31. The molecule has 0 bridgehead atoms. The number of benzene rings is 2. The second-order valence-corrected chi connectivity index (χ2v) is 6.68. The molecule has 0 aliphatic heterocycles. The van der Waals surface area contributed by atoms with E-state index in [9.17, 15) is 10.1 Å². The van der Waals surface area contributed by atoms with Gasteiger partial charge in [0, 0.05) is 18.2 Å². The van der Waals surface area contributed by atoms with Crippen molar-refractivity contribution >= 4 is 29.2 Å². The van der Waals surface area contributed by atoms with Gasteiger partial charge in [0.25, 0.3) is 0 Å². The Morgan fingerprint density at radius 2 is 2.07 bits per heavy atom. The molecule has 0 radical (unpaired) electrons. The van der Waals surface area contributed by atoms with Gasteiger partial charge in [-0.1, -0.05) is 23.8 Å². The molecule has 2 rings (SSSR count). The standard InChI is InChI=1S/C20H24N4O4S/c1-5-21-20(29)23-22-11-15-9-17(24(25)26)19(18(10-15)27-4)28-12-16-8-13(2)6-7-14(16)3/h6-11H,5,12H2,1-4H3,(H2,21,23,29)/b22-11+. The van der Waals surface area contributed by atoms with Crippen LogP contribution in [0.3, 0.4) is 0 Å². The van der Waals surface area contributed by atoms with Gasteiger partial charge < -0.3 is 14.8 Å². The Kier molecular flexibility index (Phi) is 7.90. The summed E-state index contributed by atoms with van der Waals surface area (Å²) in [6.45, 7) is 6.71. The first-order chi connectivity index (χ1) is 13.8. The third kappa shape index (κ3) is 6.15. The number of hydrazone groups is 1. The van der Waals surface area contributed by atoms with Crippen molar-refractivity contribution < 1.29 is 14.4 Å². The van der Waals surface area contributed by atoms with E-state index >= 15 is 0 Å². The zero-order valence-corrected chi connectivity index (χ0v) is 17.6. The van der Waals surface area contributed by atoms with Crippen LogP contribution >= 0.6 is 12.2 Å². The summed E-state index contributed by atoms with van der Waals surface area (Å²) in [6.07, 6.45) is 1.42. The first-order valence-electron chi connectivity index (χ1n) is 8.98. The fourth-order valence-corrected chi connectivity index (χ4v) is 2.78. The summed E-state index contributed by atoms with van der Waals surface area (Å²) in [5.41, 5.74) is 5.99. The summed E-state index contributed by atoms with van der Waals surface area (Å²) in [7, 11) is 1.43. The molecule has 8 nitrogen and oxygen atoms in total. The van der Waals surface area contributed by atoms with Crippen molar-refractivity contribution in [2.45, 2.75) is 27.4 Å². The summed E-state index contributed by atoms with van der Waals surface area (Å²) in [5.74, 6) is 0.326. The monoisotopic (exact) mass is 416 g/mol. The Morgan fingerprint density at radius 1 is 1.31 bits per heavy atom. The topological polar surface area (TPSA) is 98.0 Å². The van der Waals surface area contributed by atoms with Gasteiger partial charge in [-0.2, -0.15) is 5.10 Å². The number of nitro benzene ring substituents is 1. The van der Waals surface area contributed by atoms with Crippen LogP contribution in [0.4, 0.5) is 5.69 Å². The summed E-state index contributed by atoms with van der Waals surface area (Å²) in [5, 5.41) is 18.9. The van der Waals surface area contributed by atoms with Gasteiger partial charge in [0.15, 0.2) is 10.9 Å². The molecule has 0 fully saturated rings. The highest BCUT2D eigenvalue weighted by molar-refractivity contribution is 7.80. The number of nitro groups is 1. The summed E-state index contributed by atoms with van der Waals surface area (Å²) >= 11 is 5.02. The van der Waals surface area contributed by atoms with Crippen LogP contribution in [0.15, 0.2) is 35.4 Å². The lowest BCUT2D eigenvalue weighted by molar-refractivity contribution is -0.386. The molecule has 0 aliphatic carbocycles. The summed E-state index contributed by atoms with van der Waals surface area (Å²) in [6, 6.07) is 8.98. The molecule has 29 heavy (non-hydrogen) atoms. The zero-order valence-electron chi connectivity index (χ0n) is 16.8. The third-order valence-corrected chi connectivity index (χ3v) is 4.30. The van der Waals surface area contributed by atoms with Gasteiger partial charge in [-0.05, 0) is 50.2 Å². The minimum atomic E-state index is -0.505. The van der Waals surface area contributed by atoms with E-state index in [0.29, 0.717) is 17.2 Å². The van der Waals surface area contributed by atoms with E-state index in [-0.39, 0.29) is 23.8 Å². The second kappa shape index (κ2) is 10.4. The van der Waals surface area contributed by atoms with E-state index in [2.05, 4.69) is 15.8 Å². The van der Waals surface area contributed by atoms with Crippen molar-refractivity contribution in [2.75, 3.05) is 13.7 Å². The second-order valence-electron chi connectivity index (χ2n) is 6.28. The van der Waals surface area contributed by atoms with Crippen LogP contribution in [0.2, 0.25) is 0 Å². The Hall–Kier alpha value is -3.20. The smallest absolute Gasteiger partial charge is 0.315 e. The van der Waals surface area contributed by atoms with E-state index in [1.807, 2.05) is 39.0 Å². The van der Waals surface area contributed by atoms with Crippen molar-refractivity contribution in [1.82, 2.24) is 10.7 Å². The number of thiocarbonyl (C=S) groups is 1. The maximum Gasteiger partial charge on any atom is 0.315 e. The van der Waals surface area contributed by atoms with Crippen LogP contribution in [0.5, 0.6) is 11.5 Å². The molecule has 0 aromatic heterocycles. The zero-order chi connectivity index (χ0) is 21.4. The predicted octanol–water partition coefficient (Wildman–Crippen LogP) is 3.62. The molecule has 0 amide bonds. The fourth-order valence-electron chi connectivity index (χ4n) is 2.59.